The predicted molar refractivity (Wildman–Crippen MR) is 87.5 cm³/mol. The molecular formula is C16H15N3O5. The Morgan fingerprint density at radius 3 is 2.42 bits per heavy atom. The van der Waals surface area contributed by atoms with E-state index in [1.807, 2.05) is 0 Å². The molecule has 1 amide bonds. The minimum atomic E-state index is -1.13. The molecule has 0 bridgehead atoms. The van der Waals surface area contributed by atoms with Crippen LogP contribution in [0.15, 0.2) is 48.5 Å². The molecule has 0 fully saturated rings. The zero-order valence-corrected chi connectivity index (χ0v) is 12.8. The van der Waals surface area contributed by atoms with Gasteiger partial charge in [0.2, 0.25) is 0 Å². The minimum Gasteiger partial charge on any atom is -0.449 e. The third-order valence-electron chi connectivity index (χ3n) is 3.16. The van der Waals surface area contributed by atoms with Gasteiger partial charge in [0.15, 0.2) is 6.10 Å². The van der Waals surface area contributed by atoms with Crippen molar-refractivity contribution in [1.82, 2.24) is 0 Å². The molecule has 0 radical (unpaired) electrons. The Balaban J connectivity index is 2.04. The summed E-state index contributed by atoms with van der Waals surface area (Å²) in [5.74, 6) is -1.37. The van der Waals surface area contributed by atoms with Gasteiger partial charge in [0.25, 0.3) is 11.6 Å². The molecule has 2 aromatic carbocycles. The molecule has 8 nitrogen and oxygen atoms in total. The largest absolute Gasteiger partial charge is 0.449 e. The molecule has 0 unspecified atom stereocenters. The fourth-order valence-corrected chi connectivity index (χ4v) is 1.87. The highest BCUT2D eigenvalue weighted by Gasteiger charge is 2.22. The Bertz CT molecular complexity index is 774. The van der Waals surface area contributed by atoms with Crippen LogP contribution in [0.2, 0.25) is 0 Å². The maximum atomic E-state index is 12.1. The topological polar surface area (TPSA) is 125 Å². The maximum absolute atomic E-state index is 12.1. The van der Waals surface area contributed by atoms with Gasteiger partial charge in [-0.1, -0.05) is 12.1 Å². The molecule has 2 rings (SSSR count). The number of esters is 1. The van der Waals surface area contributed by atoms with Crippen molar-refractivity contribution in [3.63, 3.8) is 0 Å². The molecular weight excluding hydrogens is 314 g/mol. The third kappa shape index (κ3) is 4.07. The number of rotatable bonds is 5. The number of carbonyl (C=O) groups excluding carboxylic acids is 2. The smallest absolute Gasteiger partial charge is 0.338 e. The molecule has 0 aliphatic heterocycles. The Kier molecular flexibility index (Phi) is 5.10. The van der Waals surface area contributed by atoms with E-state index in [4.69, 9.17) is 10.5 Å². The number of nitrogen functional groups attached to an aromatic ring is 1. The van der Waals surface area contributed by atoms with Gasteiger partial charge in [0.1, 0.15) is 5.69 Å². The van der Waals surface area contributed by atoms with Crippen molar-refractivity contribution in [2.75, 3.05) is 11.1 Å². The van der Waals surface area contributed by atoms with Crippen molar-refractivity contribution < 1.29 is 19.2 Å². The Morgan fingerprint density at radius 1 is 1.17 bits per heavy atom. The molecule has 1 atom stereocenters. The second-order valence-electron chi connectivity index (χ2n) is 4.93. The molecule has 8 heteroatoms. The summed E-state index contributed by atoms with van der Waals surface area (Å²) in [6.45, 7) is 1.37. The van der Waals surface area contributed by atoms with Crippen molar-refractivity contribution in [2.24, 2.45) is 0 Å². The molecule has 0 heterocycles. The molecule has 0 spiro atoms. The molecule has 0 aliphatic carbocycles. The van der Waals surface area contributed by atoms with E-state index < -0.39 is 22.9 Å². The Hall–Kier alpha value is -3.42. The van der Waals surface area contributed by atoms with Crippen LogP contribution in [0, 0.1) is 10.1 Å². The number of hydrogen-bond donors (Lipinski definition) is 2. The molecule has 0 saturated heterocycles. The summed E-state index contributed by atoms with van der Waals surface area (Å²) in [6, 6.07) is 11.7. The average molecular weight is 329 g/mol. The second kappa shape index (κ2) is 7.23. The summed E-state index contributed by atoms with van der Waals surface area (Å²) in [5, 5.41) is 13.3. The number of nitrogens with two attached hydrogens (primary N) is 1. The lowest BCUT2D eigenvalue weighted by Gasteiger charge is -2.13. The highest BCUT2D eigenvalue weighted by atomic mass is 16.6. The summed E-state index contributed by atoms with van der Waals surface area (Å²) in [5.41, 5.74) is 6.05. The Morgan fingerprint density at radius 2 is 1.79 bits per heavy atom. The van der Waals surface area contributed by atoms with Gasteiger partial charge in [-0.25, -0.2) is 4.79 Å². The number of ether oxygens (including phenoxy) is 1. The van der Waals surface area contributed by atoms with Gasteiger partial charge in [-0.2, -0.15) is 0 Å². The van der Waals surface area contributed by atoms with E-state index in [1.54, 1.807) is 6.07 Å². The summed E-state index contributed by atoms with van der Waals surface area (Å²) in [6.07, 6.45) is -1.13. The Labute approximate surface area is 137 Å². The number of nitrogens with zero attached hydrogens (tertiary/aromatic N) is 1. The van der Waals surface area contributed by atoms with Crippen LogP contribution in [0.1, 0.15) is 17.3 Å². The summed E-state index contributed by atoms with van der Waals surface area (Å²) < 4.78 is 5.05. The van der Waals surface area contributed by atoms with Crippen molar-refractivity contribution >= 4 is 28.9 Å². The molecule has 2 aromatic rings. The van der Waals surface area contributed by atoms with E-state index in [2.05, 4.69) is 5.32 Å². The summed E-state index contributed by atoms with van der Waals surface area (Å²) >= 11 is 0. The van der Waals surface area contributed by atoms with Crippen molar-refractivity contribution in [3.8, 4) is 0 Å². The number of para-hydroxylation sites is 2. The summed E-state index contributed by atoms with van der Waals surface area (Å²) in [4.78, 5) is 34.3. The highest BCUT2D eigenvalue weighted by Crippen LogP contribution is 2.23. The summed E-state index contributed by atoms with van der Waals surface area (Å²) in [7, 11) is 0. The van der Waals surface area contributed by atoms with Gasteiger partial charge in [-0.15, -0.1) is 0 Å². The van der Waals surface area contributed by atoms with E-state index in [0.29, 0.717) is 5.69 Å². The normalized spacial score (nSPS) is 11.4. The van der Waals surface area contributed by atoms with Gasteiger partial charge >= 0.3 is 5.97 Å². The van der Waals surface area contributed by atoms with Crippen molar-refractivity contribution in [3.05, 3.63) is 64.2 Å². The van der Waals surface area contributed by atoms with Gasteiger partial charge in [-0.3, -0.25) is 14.9 Å². The molecule has 0 aliphatic rings. The van der Waals surface area contributed by atoms with Crippen LogP contribution in [0.3, 0.4) is 0 Å². The lowest BCUT2D eigenvalue weighted by molar-refractivity contribution is -0.383. The first-order valence-electron chi connectivity index (χ1n) is 6.99. The quantitative estimate of drug-likeness (QED) is 0.375. The van der Waals surface area contributed by atoms with E-state index in [0.717, 1.165) is 0 Å². The number of anilines is 2. The highest BCUT2D eigenvalue weighted by molar-refractivity contribution is 5.98. The lowest BCUT2D eigenvalue weighted by Crippen LogP contribution is -2.30. The molecule has 0 saturated carbocycles. The standard InChI is InChI=1S/C16H15N3O5/c1-10(24-16(21)11-6-8-12(17)9-7-11)15(20)18-13-4-2-3-5-14(13)19(22)23/h2-10H,17H2,1H3,(H,18,20)/t10-/m0/s1. The first-order chi connectivity index (χ1) is 11.4. The molecule has 0 aromatic heterocycles. The third-order valence-corrected chi connectivity index (χ3v) is 3.16. The number of benzene rings is 2. The van der Waals surface area contributed by atoms with Gasteiger partial charge < -0.3 is 15.8 Å². The van der Waals surface area contributed by atoms with Crippen LogP contribution in [0.5, 0.6) is 0 Å². The van der Waals surface area contributed by atoms with Crippen LogP contribution in [-0.2, 0) is 9.53 Å². The molecule has 3 N–H and O–H groups in total. The number of nitrogens with one attached hydrogen (secondary N) is 1. The van der Waals surface area contributed by atoms with E-state index in [9.17, 15) is 19.7 Å². The second-order valence-corrected chi connectivity index (χ2v) is 4.93. The van der Waals surface area contributed by atoms with Gasteiger partial charge in [0, 0.05) is 11.8 Å². The van der Waals surface area contributed by atoms with Crippen molar-refractivity contribution in [1.29, 1.82) is 0 Å². The first-order valence-corrected chi connectivity index (χ1v) is 6.99. The van der Waals surface area contributed by atoms with E-state index in [1.165, 1.54) is 49.4 Å². The first kappa shape index (κ1) is 16.9. The monoisotopic (exact) mass is 329 g/mol. The number of nitro benzene ring substituents is 1. The zero-order chi connectivity index (χ0) is 17.7. The van der Waals surface area contributed by atoms with E-state index in [-0.39, 0.29) is 16.9 Å². The van der Waals surface area contributed by atoms with Crippen LogP contribution in [-0.4, -0.2) is 22.9 Å². The number of hydrogen-bond acceptors (Lipinski definition) is 6. The van der Waals surface area contributed by atoms with Gasteiger partial charge in [0.05, 0.1) is 10.5 Å². The predicted octanol–water partition coefficient (Wildman–Crippen LogP) is 2.36. The van der Waals surface area contributed by atoms with Crippen LogP contribution < -0.4 is 11.1 Å². The van der Waals surface area contributed by atoms with E-state index >= 15 is 0 Å². The number of nitro groups is 1. The fraction of sp³-hybridized carbons (Fsp3) is 0.125. The fourth-order valence-electron chi connectivity index (χ4n) is 1.87. The molecule has 24 heavy (non-hydrogen) atoms. The van der Waals surface area contributed by atoms with Crippen LogP contribution >= 0.6 is 0 Å². The number of carbonyl (C=O) groups is 2. The van der Waals surface area contributed by atoms with Gasteiger partial charge in [-0.05, 0) is 37.3 Å². The number of amides is 1. The van der Waals surface area contributed by atoms with Crippen LogP contribution in [0.25, 0.3) is 0 Å². The lowest BCUT2D eigenvalue weighted by atomic mass is 10.2. The SMILES string of the molecule is C[C@H](OC(=O)c1ccc(N)cc1)C(=O)Nc1ccccc1[N+](=O)[O-]. The zero-order valence-electron chi connectivity index (χ0n) is 12.8. The molecule has 124 valence electrons. The van der Waals surface area contributed by atoms with Crippen molar-refractivity contribution in [2.45, 2.75) is 13.0 Å². The average Bonchev–Trinajstić information content (AvgIpc) is 2.55. The maximum Gasteiger partial charge on any atom is 0.338 e. The van der Waals surface area contributed by atoms with Crippen LogP contribution in [0.4, 0.5) is 17.1 Å². The minimum absolute atomic E-state index is 0.0304.